The lowest BCUT2D eigenvalue weighted by molar-refractivity contribution is 0.263. The van der Waals surface area contributed by atoms with E-state index < -0.39 is 5.37 Å². The molecule has 1 aromatic rings. The van der Waals surface area contributed by atoms with E-state index in [-0.39, 0.29) is 0 Å². The highest BCUT2D eigenvalue weighted by atomic mass is 35.5. The summed E-state index contributed by atoms with van der Waals surface area (Å²) < 4.78 is 5.14. The number of carbonyl (C=O) groups excluding carboxylic acids is 1. The van der Waals surface area contributed by atoms with Crippen molar-refractivity contribution in [2.75, 3.05) is 18.6 Å². The molecule has 1 amide bonds. The summed E-state index contributed by atoms with van der Waals surface area (Å²) in [5, 5.41) is -0.416. The van der Waals surface area contributed by atoms with Crippen LogP contribution in [0.3, 0.4) is 0 Å². The van der Waals surface area contributed by atoms with Gasteiger partial charge in [-0.2, -0.15) is 0 Å². The third-order valence-corrected chi connectivity index (χ3v) is 2.82. The molecule has 1 aromatic carbocycles. The molecule has 0 aliphatic carbocycles. The van der Waals surface area contributed by atoms with Crippen LogP contribution in [-0.4, -0.2) is 19.0 Å². The summed E-state index contributed by atoms with van der Waals surface area (Å²) >= 11 is 5.51. The van der Waals surface area contributed by atoms with Gasteiger partial charge in [-0.1, -0.05) is 0 Å². The third-order valence-electron chi connectivity index (χ3n) is 2.62. The molecule has 1 aliphatic heterocycles. The van der Waals surface area contributed by atoms with E-state index in [0.717, 1.165) is 29.8 Å². The molecule has 0 atom stereocenters. The molecule has 0 radical (unpaired) electrons. The highest BCUT2D eigenvalue weighted by Gasteiger charge is 2.21. The van der Waals surface area contributed by atoms with Crippen LogP contribution in [0.1, 0.15) is 12.0 Å². The van der Waals surface area contributed by atoms with Crippen molar-refractivity contribution in [1.82, 2.24) is 0 Å². The number of fused-ring (bicyclic) bond motifs is 1. The molecule has 0 N–H and O–H groups in total. The van der Waals surface area contributed by atoms with Gasteiger partial charge in [0.05, 0.1) is 7.11 Å². The zero-order valence-electron chi connectivity index (χ0n) is 8.50. The lowest BCUT2D eigenvalue weighted by atomic mass is 10.0. The minimum Gasteiger partial charge on any atom is -0.497 e. The van der Waals surface area contributed by atoms with Crippen molar-refractivity contribution >= 4 is 22.7 Å². The van der Waals surface area contributed by atoms with Crippen LogP contribution < -0.4 is 9.64 Å². The number of carbonyl (C=O) groups is 1. The highest BCUT2D eigenvalue weighted by Crippen LogP contribution is 2.31. The molecular formula is C11H12ClNO2. The Morgan fingerprint density at radius 3 is 3.00 bits per heavy atom. The molecule has 1 heterocycles. The summed E-state index contributed by atoms with van der Waals surface area (Å²) in [7, 11) is 1.63. The smallest absolute Gasteiger partial charge is 0.320 e. The fourth-order valence-corrected chi connectivity index (χ4v) is 2.06. The molecular weight excluding hydrogens is 214 g/mol. The number of aryl methyl sites for hydroxylation is 1. The Balaban J connectivity index is 2.40. The van der Waals surface area contributed by atoms with Crippen LogP contribution in [0.5, 0.6) is 5.75 Å². The Hall–Kier alpha value is -1.22. The fraction of sp³-hybridized carbons (Fsp3) is 0.364. The van der Waals surface area contributed by atoms with Gasteiger partial charge < -0.3 is 4.74 Å². The third kappa shape index (κ3) is 1.92. The van der Waals surface area contributed by atoms with E-state index >= 15 is 0 Å². The Labute approximate surface area is 93.6 Å². The van der Waals surface area contributed by atoms with Gasteiger partial charge in [-0.05, 0) is 48.2 Å². The first kappa shape index (κ1) is 10.3. The maximum absolute atomic E-state index is 11.2. The molecule has 1 aliphatic rings. The number of nitrogens with zero attached hydrogens (tertiary/aromatic N) is 1. The first-order chi connectivity index (χ1) is 7.22. The Kier molecular flexibility index (Phi) is 2.82. The van der Waals surface area contributed by atoms with Gasteiger partial charge in [-0.3, -0.25) is 9.69 Å². The standard InChI is InChI=1S/C11H12ClNO2/c1-15-9-4-5-10-8(7-9)3-2-6-13(10)11(12)14/h4-5,7H,2-3,6H2,1H3. The van der Waals surface area contributed by atoms with E-state index in [9.17, 15) is 4.79 Å². The largest absolute Gasteiger partial charge is 0.497 e. The molecule has 0 bridgehead atoms. The number of halogens is 1. The number of ether oxygens (including phenoxy) is 1. The molecule has 2 rings (SSSR count). The second-order valence-corrected chi connectivity index (χ2v) is 3.83. The van der Waals surface area contributed by atoms with Crippen LogP contribution in [-0.2, 0) is 6.42 Å². The van der Waals surface area contributed by atoms with Crippen molar-refractivity contribution in [1.29, 1.82) is 0 Å². The number of benzene rings is 1. The number of anilines is 1. The minimum atomic E-state index is -0.416. The van der Waals surface area contributed by atoms with Crippen LogP contribution in [0.4, 0.5) is 10.5 Å². The predicted octanol–water partition coefficient (Wildman–Crippen LogP) is 2.81. The maximum Gasteiger partial charge on any atom is 0.320 e. The molecule has 4 heteroatoms. The van der Waals surface area contributed by atoms with E-state index in [1.165, 1.54) is 0 Å². The summed E-state index contributed by atoms with van der Waals surface area (Å²) in [5.74, 6) is 0.817. The number of rotatable bonds is 1. The molecule has 0 saturated heterocycles. The maximum atomic E-state index is 11.2. The van der Waals surface area contributed by atoms with E-state index in [2.05, 4.69) is 0 Å². The highest BCUT2D eigenvalue weighted by molar-refractivity contribution is 6.66. The van der Waals surface area contributed by atoms with Crippen LogP contribution in [0.2, 0.25) is 0 Å². The van der Waals surface area contributed by atoms with Crippen molar-refractivity contribution in [3.8, 4) is 5.75 Å². The second kappa shape index (κ2) is 4.11. The normalized spacial score (nSPS) is 14.7. The van der Waals surface area contributed by atoms with Crippen LogP contribution in [0, 0.1) is 0 Å². The van der Waals surface area contributed by atoms with E-state index in [0.29, 0.717) is 6.54 Å². The van der Waals surface area contributed by atoms with Crippen LogP contribution >= 0.6 is 11.6 Å². The molecule has 0 fully saturated rings. The van der Waals surface area contributed by atoms with Crippen molar-refractivity contribution < 1.29 is 9.53 Å². The molecule has 0 saturated carbocycles. The van der Waals surface area contributed by atoms with Gasteiger partial charge in [0.15, 0.2) is 0 Å². The van der Waals surface area contributed by atoms with Crippen LogP contribution in [0.15, 0.2) is 18.2 Å². The fourth-order valence-electron chi connectivity index (χ4n) is 1.88. The van der Waals surface area contributed by atoms with Crippen LogP contribution in [0.25, 0.3) is 0 Å². The number of methoxy groups -OCH3 is 1. The van der Waals surface area contributed by atoms with Crippen molar-refractivity contribution in [3.05, 3.63) is 23.8 Å². The Morgan fingerprint density at radius 2 is 2.33 bits per heavy atom. The van der Waals surface area contributed by atoms with Crippen molar-refractivity contribution in [3.63, 3.8) is 0 Å². The lowest BCUT2D eigenvalue weighted by Gasteiger charge is -2.27. The number of hydrogen-bond donors (Lipinski definition) is 0. The van der Waals surface area contributed by atoms with Crippen molar-refractivity contribution in [2.45, 2.75) is 12.8 Å². The van der Waals surface area contributed by atoms with Gasteiger partial charge in [0.2, 0.25) is 0 Å². The Morgan fingerprint density at radius 1 is 1.53 bits per heavy atom. The van der Waals surface area contributed by atoms with Gasteiger partial charge in [-0.25, -0.2) is 0 Å². The summed E-state index contributed by atoms with van der Waals surface area (Å²) in [4.78, 5) is 12.8. The molecule has 0 spiro atoms. The topological polar surface area (TPSA) is 29.5 Å². The second-order valence-electron chi connectivity index (χ2n) is 3.50. The number of hydrogen-bond acceptors (Lipinski definition) is 2. The van der Waals surface area contributed by atoms with Gasteiger partial charge in [0.25, 0.3) is 0 Å². The summed E-state index contributed by atoms with van der Waals surface area (Å²) in [5.41, 5.74) is 2.02. The molecule has 15 heavy (non-hydrogen) atoms. The summed E-state index contributed by atoms with van der Waals surface area (Å²) in [6.45, 7) is 0.696. The minimum absolute atomic E-state index is 0.416. The SMILES string of the molecule is COc1ccc2c(c1)CCCN2C(=O)Cl. The van der Waals surface area contributed by atoms with Gasteiger partial charge in [0, 0.05) is 12.2 Å². The average Bonchev–Trinajstić information content (AvgIpc) is 2.27. The van der Waals surface area contributed by atoms with Gasteiger partial charge >= 0.3 is 5.37 Å². The quantitative estimate of drug-likeness (QED) is 0.543. The predicted molar refractivity (Wildman–Crippen MR) is 59.9 cm³/mol. The summed E-state index contributed by atoms with van der Waals surface area (Å²) in [6, 6.07) is 5.69. The van der Waals surface area contributed by atoms with E-state index in [1.807, 2.05) is 18.2 Å². The zero-order chi connectivity index (χ0) is 10.8. The van der Waals surface area contributed by atoms with Gasteiger partial charge in [0.1, 0.15) is 5.75 Å². The van der Waals surface area contributed by atoms with Crippen molar-refractivity contribution in [2.24, 2.45) is 0 Å². The van der Waals surface area contributed by atoms with E-state index in [1.54, 1.807) is 12.0 Å². The Bertz CT molecular complexity index is 392. The molecule has 80 valence electrons. The number of amides is 1. The monoisotopic (exact) mass is 225 g/mol. The first-order valence-electron chi connectivity index (χ1n) is 4.86. The lowest BCUT2D eigenvalue weighted by Crippen LogP contribution is -2.31. The first-order valence-corrected chi connectivity index (χ1v) is 5.24. The average molecular weight is 226 g/mol. The molecule has 0 aromatic heterocycles. The molecule has 3 nitrogen and oxygen atoms in total. The van der Waals surface area contributed by atoms with Gasteiger partial charge in [-0.15, -0.1) is 0 Å². The summed E-state index contributed by atoms with van der Waals surface area (Å²) in [6.07, 6.45) is 1.91. The van der Waals surface area contributed by atoms with E-state index in [4.69, 9.17) is 16.3 Å². The zero-order valence-corrected chi connectivity index (χ0v) is 9.25. The molecule has 0 unspecified atom stereocenters.